The van der Waals surface area contributed by atoms with Gasteiger partial charge in [0.2, 0.25) is 0 Å². The van der Waals surface area contributed by atoms with Crippen molar-refractivity contribution < 1.29 is 14.7 Å². The molecule has 4 nitrogen and oxygen atoms in total. The Labute approximate surface area is 82.2 Å². The zero-order chi connectivity index (χ0) is 10.2. The standard InChI is InChI=1S/C10H13NO3/c12-7-10(5-1-2-6-10)11-8(13)3-4-9(11)14/h3-4,12H,1-2,5-7H2. The van der Waals surface area contributed by atoms with Crippen LogP contribution in [0.5, 0.6) is 0 Å². The van der Waals surface area contributed by atoms with Crippen molar-refractivity contribution in [3.05, 3.63) is 12.2 Å². The molecule has 2 aliphatic rings. The lowest BCUT2D eigenvalue weighted by Gasteiger charge is -2.35. The van der Waals surface area contributed by atoms with Gasteiger partial charge in [0.1, 0.15) is 0 Å². The number of nitrogens with zero attached hydrogens (tertiary/aromatic N) is 1. The number of hydrogen-bond donors (Lipinski definition) is 1. The first-order valence-electron chi connectivity index (χ1n) is 4.87. The smallest absolute Gasteiger partial charge is 0.254 e. The molecule has 76 valence electrons. The van der Waals surface area contributed by atoms with Crippen molar-refractivity contribution in [1.29, 1.82) is 0 Å². The Bertz CT molecular complexity index is 284. The molecule has 4 heteroatoms. The van der Waals surface area contributed by atoms with Gasteiger partial charge in [-0.15, -0.1) is 0 Å². The molecule has 0 atom stereocenters. The molecule has 0 bridgehead atoms. The fourth-order valence-electron chi connectivity index (χ4n) is 2.35. The van der Waals surface area contributed by atoms with Gasteiger partial charge in [0.05, 0.1) is 12.1 Å². The molecular formula is C10H13NO3. The third-order valence-corrected chi connectivity index (χ3v) is 3.11. The summed E-state index contributed by atoms with van der Waals surface area (Å²) in [5.74, 6) is -0.572. The van der Waals surface area contributed by atoms with Crippen molar-refractivity contribution in [3.8, 4) is 0 Å². The molecule has 0 aromatic rings. The average Bonchev–Trinajstić information content (AvgIpc) is 2.75. The molecule has 0 radical (unpaired) electrons. The molecule has 1 saturated carbocycles. The van der Waals surface area contributed by atoms with E-state index in [0.29, 0.717) is 0 Å². The summed E-state index contributed by atoms with van der Waals surface area (Å²) >= 11 is 0. The minimum Gasteiger partial charge on any atom is -0.394 e. The molecule has 14 heavy (non-hydrogen) atoms. The largest absolute Gasteiger partial charge is 0.394 e. The van der Waals surface area contributed by atoms with Crippen molar-refractivity contribution >= 4 is 11.8 Å². The SMILES string of the molecule is O=C1C=CC(=O)N1C1(CO)CCCC1. The summed E-state index contributed by atoms with van der Waals surface area (Å²) in [4.78, 5) is 24.1. The maximum absolute atomic E-state index is 11.4. The molecule has 1 N–H and O–H groups in total. The second-order valence-electron chi connectivity index (χ2n) is 3.93. The first kappa shape index (κ1) is 9.40. The number of rotatable bonds is 2. The first-order valence-corrected chi connectivity index (χ1v) is 4.87. The second-order valence-corrected chi connectivity index (χ2v) is 3.93. The summed E-state index contributed by atoms with van der Waals surface area (Å²) in [6.45, 7) is -0.119. The van der Waals surface area contributed by atoms with Crippen LogP contribution in [-0.4, -0.2) is 34.0 Å². The lowest BCUT2D eigenvalue weighted by Crippen LogP contribution is -2.52. The highest BCUT2D eigenvalue weighted by Gasteiger charge is 2.45. The average molecular weight is 195 g/mol. The molecule has 1 aliphatic heterocycles. The van der Waals surface area contributed by atoms with Crippen LogP contribution in [0.15, 0.2) is 12.2 Å². The molecule has 1 heterocycles. The highest BCUT2D eigenvalue weighted by atomic mass is 16.3. The Kier molecular flexibility index (Phi) is 2.15. The van der Waals surface area contributed by atoms with E-state index in [2.05, 4.69) is 0 Å². The Hall–Kier alpha value is -1.16. The van der Waals surface area contributed by atoms with Crippen LogP contribution in [0.3, 0.4) is 0 Å². The summed E-state index contributed by atoms with van der Waals surface area (Å²) < 4.78 is 0. The lowest BCUT2D eigenvalue weighted by molar-refractivity contribution is -0.145. The quantitative estimate of drug-likeness (QED) is 0.641. The van der Waals surface area contributed by atoms with E-state index in [-0.39, 0.29) is 18.4 Å². The van der Waals surface area contributed by atoms with Crippen LogP contribution in [0.1, 0.15) is 25.7 Å². The van der Waals surface area contributed by atoms with Crippen molar-refractivity contribution in [2.75, 3.05) is 6.61 Å². The topological polar surface area (TPSA) is 57.6 Å². The van der Waals surface area contributed by atoms with Gasteiger partial charge in [-0.2, -0.15) is 0 Å². The van der Waals surface area contributed by atoms with Gasteiger partial charge in [-0.1, -0.05) is 12.8 Å². The van der Waals surface area contributed by atoms with Crippen molar-refractivity contribution in [3.63, 3.8) is 0 Å². The molecule has 2 rings (SSSR count). The number of amides is 2. The summed E-state index contributed by atoms with van der Waals surface area (Å²) in [6, 6.07) is 0. The van der Waals surface area contributed by atoms with E-state index in [1.54, 1.807) is 0 Å². The minimum atomic E-state index is -0.613. The predicted molar refractivity (Wildman–Crippen MR) is 49.3 cm³/mol. The fourth-order valence-corrected chi connectivity index (χ4v) is 2.35. The van der Waals surface area contributed by atoms with Crippen LogP contribution >= 0.6 is 0 Å². The van der Waals surface area contributed by atoms with E-state index >= 15 is 0 Å². The number of carbonyl (C=O) groups is 2. The summed E-state index contributed by atoms with van der Waals surface area (Å²) in [5, 5.41) is 9.34. The first-order chi connectivity index (χ1) is 6.69. The van der Waals surface area contributed by atoms with Crippen LogP contribution in [-0.2, 0) is 9.59 Å². The second kappa shape index (κ2) is 3.20. The van der Waals surface area contributed by atoms with Gasteiger partial charge in [0.15, 0.2) is 0 Å². The Morgan fingerprint density at radius 2 is 1.71 bits per heavy atom. The number of aliphatic hydroxyl groups excluding tert-OH is 1. The molecule has 1 fully saturated rings. The normalized spacial score (nSPS) is 25.1. The molecule has 2 amide bonds. The highest BCUT2D eigenvalue weighted by molar-refractivity contribution is 6.13. The van der Waals surface area contributed by atoms with Gasteiger partial charge >= 0.3 is 0 Å². The summed E-state index contributed by atoms with van der Waals surface area (Å²) in [5.41, 5.74) is -0.613. The van der Waals surface area contributed by atoms with E-state index in [0.717, 1.165) is 25.7 Å². The van der Waals surface area contributed by atoms with Crippen LogP contribution in [0.4, 0.5) is 0 Å². The number of imide groups is 1. The monoisotopic (exact) mass is 195 g/mol. The van der Waals surface area contributed by atoms with E-state index in [9.17, 15) is 14.7 Å². The third-order valence-electron chi connectivity index (χ3n) is 3.11. The minimum absolute atomic E-state index is 0.119. The van der Waals surface area contributed by atoms with Crippen LogP contribution in [0.25, 0.3) is 0 Å². The highest BCUT2D eigenvalue weighted by Crippen LogP contribution is 2.36. The third kappa shape index (κ3) is 1.18. The summed E-state index contributed by atoms with van der Waals surface area (Å²) in [7, 11) is 0. The zero-order valence-corrected chi connectivity index (χ0v) is 7.90. The molecule has 0 spiro atoms. The molecular weight excluding hydrogens is 182 g/mol. The Morgan fingerprint density at radius 1 is 1.21 bits per heavy atom. The van der Waals surface area contributed by atoms with Crippen LogP contribution in [0, 0.1) is 0 Å². The van der Waals surface area contributed by atoms with Gasteiger partial charge in [-0.05, 0) is 12.8 Å². The maximum atomic E-state index is 11.4. The number of hydrogen-bond acceptors (Lipinski definition) is 3. The van der Waals surface area contributed by atoms with Crippen molar-refractivity contribution in [1.82, 2.24) is 4.90 Å². The lowest BCUT2D eigenvalue weighted by atomic mass is 9.96. The predicted octanol–water partition coefficient (Wildman–Crippen LogP) is 0.216. The van der Waals surface area contributed by atoms with E-state index in [1.165, 1.54) is 17.1 Å². The van der Waals surface area contributed by atoms with E-state index < -0.39 is 5.54 Å². The van der Waals surface area contributed by atoms with Crippen LogP contribution < -0.4 is 0 Å². The molecule has 1 aliphatic carbocycles. The van der Waals surface area contributed by atoms with E-state index in [1.807, 2.05) is 0 Å². The fraction of sp³-hybridized carbons (Fsp3) is 0.600. The van der Waals surface area contributed by atoms with Gasteiger partial charge in [-0.3, -0.25) is 14.5 Å². The van der Waals surface area contributed by atoms with Gasteiger partial charge < -0.3 is 5.11 Å². The number of aliphatic hydroxyl groups is 1. The zero-order valence-electron chi connectivity index (χ0n) is 7.90. The van der Waals surface area contributed by atoms with Gasteiger partial charge in [0.25, 0.3) is 11.8 Å². The molecule has 0 unspecified atom stereocenters. The van der Waals surface area contributed by atoms with Crippen molar-refractivity contribution in [2.45, 2.75) is 31.2 Å². The Balaban J connectivity index is 2.28. The maximum Gasteiger partial charge on any atom is 0.254 e. The van der Waals surface area contributed by atoms with Crippen molar-refractivity contribution in [2.24, 2.45) is 0 Å². The van der Waals surface area contributed by atoms with E-state index in [4.69, 9.17) is 0 Å². The summed E-state index contributed by atoms with van der Waals surface area (Å²) in [6.07, 6.45) is 5.94. The molecule has 0 aromatic carbocycles. The molecule has 0 aromatic heterocycles. The number of carbonyl (C=O) groups excluding carboxylic acids is 2. The van der Waals surface area contributed by atoms with Gasteiger partial charge in [-0.25, -0.2) is 0 Å². The Morgan fingerprint density at radius 3 is 2.14 bits per heavy atom. The van der Waals surface area contributed by atoms with Crippen LogP contribution in [0.2, 0.25) is 0 Å². The van der Waals surface area contributed by atoms with Gasteiger partial charge in [0, 0.05) is 12.2 Å². The molecule has 0 saturated heterocycles.